The molecule has 1 N–H and O–H groups in total. The average Bonchev–Trinajstić information content (AvgIpc) is 2.47. The van der Waals surface area contributed by atoms with Crippen LogP contribution in [0.1, 0.15) is 57.1 Å². The van der Waals surface area contributed by atoms with Crippen molar-refractivity contribution < 1.29 is 9.52 Å². The van der Waals surface area contributed by atoms with E-state index in [1.54, 1.807) is 6.07 Å². The molecule has 1 unspecified atom stereocenters. The predicted octanol–water partition coefficient (Wildman–Crippen LogP) is 4.62. The fourth-order valence-corrected chi connectivity index (χ4v) is 3.05. The zero-order chi connectivity index (χ0) is 15.9. The van der Waals surface area contributed by atoms with E-state index in [0.717, 1.165) is 24.8 Å². The van der Waals surface area contributed by atoms with E-state index >= 15 is 0 Å². The molecule has 1 aromatic carbocycles. The van der Waals surface area contributed by atoms with Gasteiger partial charge in [0.2, 0.25) is 0 Å². The van der Waals surface area contributed by atoms with Crippen LogP contribution >= 0.6 is 0 Å². The summed E-state index contributed by atoms with van der Waals surface area (Å²) in [5, 5.41) is 11.3. The van der Waals surface area contributed by atoms with Gasteiger partial charge in [-0.2, -0.15) is 0 Å². The van der Waals surface area contributed by atoms with Crippen molar-refractivity contribution in [2.75, 3.05) is 0 Å². The third-order valence-electron chi connectivity index (χ3n) is 4.40. The van der Waals surface area contributed by atoms with Gasteiger partial charge in [-0.1, -0.05) is 39.0 Å². The Kier molecular flexibility index (Phi) is 3.59. The van der Waals surface area contributed by atoms with E-state index in [1.165, 1.54) is 0 Å². The molecule has 0 saturated heterocycles. The first-order valence-electron chi connectivity index (χ1n) is 7.85. The summed E-state index contributed by atoms with van der Waals surface area (Å²) in [5.74, 6) is 0.0293. The maximum absolute atomic E-state index is 12.3. The highest BCUT2D eigenvalue weighted by molar-refractivity contribution is 5.85. The Bertz CT molecular complexity index is 791. The van der Waals surface area contributed by atoms with Gasteiger partial charge in [-0.3, -0.25) is 0 Å². The van der Waals surface area contributed by atoms with Gasteiger partial charge in [0, 0.05) is 5.92 Å². The largest absolute Gasteiger partial charge is 0.507 e. The Morgan fingerprint density at radius 3 is 2.68 bits per heavy atom. The molecule has 3 rings (SSSR count). The molecule has 0 amide bonds. The first kappa shape index (κ1) is 14.9. The van der Waals surface area contributed by atoms with E-state index in [0.29, 0.717) is 16.5 Å². The normalized spacial score (nSPS) is 18.8. The van der Waals surface area contributed by atoms with E-state index in [9.17, 15) is 9.90 Å². The molecule has 0 fully saturated rings. The molecule has 116 valence electrons. The Balaban J connectivity index is 2.23. The second kappa shape index (κ2) is 5.31. The van der Waals surface area contributed by atoms with Crippen molar-refractivity contribution in [2.24, 2.45) is 0 Å². The van der Waals surface area contributed by atoms with E-state index in [4.69, 9.17) is 4.42 Å². The summed E-state index contributed by atoms with van der Waals surface area (Å²) in [6, 6.07) is 5.66. The molecule has 0 radical (unpaired) electrons. The van der Waals surface area contributed by atoms with Crippen LogP contribution in [-0.2, 0) is 5.41 Å². The first-order chi connectivity index (χ1) is 10.4. The minimum Gasteiger partial charge on any atom is -0.507 e. The Labute approximate surface area is 130 Å². The van der Waals surface area contributed by atoms with Crippen LogP contribution in [0.5, 0.6) is 5.75 Å². The van der Waals surface area contributed by atoms with Crippen LogP contribution in [0.3, 0.4) is 0 Å². The standard InChI is InChI=1S/C19H22O3/c1-19(2,3)13-9-10-15-14(11-13)17(20)16(18(21)22-15)12-7-5-4-6-8-12/h5,7,9-12,20H,4,6,8H2,1-3H3. The summed E-state index contributed by atoms with van der Waals surface area (Å²) in [5.41, 5.74) is 1.50. The van der Waals surface area contributed by atoms with Crippen LogP contribution in [0.15, 0.2) is 39.6 Å². The SMILES string of the molecule is CC(C)(C)c1ccc2oc(=O)c(C3C=CCCC3)c(O)c2c1. The Hall–Kier alpha value is -2.03. The van der Waals surface area contributed by atoms with E-state index in [2.05, 4.69) is 26.8 Å². The average molecular weight is 298 g/mol. The topological polar surface area (TPSA) is 50.4 Å². The van der Waals surface area contributed by atoms with Crippen LogP contribution < -0.4 is 5.63 Å². The van der Waals surface area contributed by atoms with Gasteiger partial charge in [-0.05, 0) is 42.4 Å². The molecule has 1 heterocycles. The van der Waals surface area contributed by atoms with Crippen molar-refractivity contribution in [3.05, 3.63) is 51.9 Å². The summed E-state index contributed by atoms with van der Waals surface area (Å²) in [7, 11) is 0. The number of allylic oxidation sites excluding steroid dienone is 2. The van der Waals surface area contributed by atoms with Gasteiger partial charge in [0.1, 0.15) is 11.3 Å². The molecule has 2 aromatic rings. The van der Waals surface area contributed by atoms with Gasteiger partial charge in [-0.25, -0.2) is 4.79 Å². The summed E-state index contributed by atoms with van der Waals surface area (Å²) in [6.07, 6.45) is 7.02. The lowest BCUT2D eigenvalue weighted by atomic mass is 9.85. The predicted molar refractivity (Wildman–Crippen MR) is 88.6 cm³/mol. The Morgan fingerprint density at radius 2 is 2.05 bits per heavy atom. The summed E-state index contributed by atoms with van der Waals surface area (Å²) in [4.78, 5) is 12.3. The zero-order valence-corrected chi connectivity index (χ0v) is 13.3. The summed E-state index contributed by atoms with van der Waals surface area (Å²) in [6.45, 7) is 6.36. The maximum atomic E-state index is 12.3. The first-order valence-corrected chi connectivity index (χ1v) is 7.85. The second-order valence-corrected chi connectivity index (χ2v) is 7.08. The zero-order valence-electron chi connectivity index (χ0n) is 13.3. The third kappa shape index (κ3) is 2.56. The van der Waals surface area contributed by atoms with Gasteiger partial charge in [0.15, 0.2) is 0 Å². The van der Waals surface area contributed by atoms with E-state index in [-0.39, 0.29) is 17.1 Å². The van der Waals surface area contributed by atoms with E-state index in [1.807, 2.05) is 18.2 Å². The molecule has 1 aromatic heterocycles. The van der Waals surface area contributed by atoms with Crippen LogP contribution in [0, 0.1) is 0 Å². The van der Waals surface area contributed by atoms with Crippen molar-refractivity contribution in [1.82, 2.24) is 0 Å². The van der Waals surface area contributed by atoms with Gasteiger partial charge < -0.3 is 9.52 Å². The van der Waals surface area contributed by atoms with Crippen LogP contribution in [0.2, 0.25) is 0 Å². The number of aromatic hydroxyl groups is 1. The minimum absolute atomic E-state index is 0.0261. The smallest absolute Gasteiger partial charge is 0.343 e. The fraction of sp³-hybridized carbons (Fsp3) is 0.421. The third-order valence-corrected chi connectivity index (χ3v) is 4.40. The lowest BCUT2D eigenvalue weighted by Gasteiger charge is -2.20. The number of rotatable bonds is 1. The van der Waals surface area contributed by atoms with Gasteiger partial charge in [0.05, 0.1) is 10.9 Å². The van der Waals surface area contributed by atoms with Gasteiger partial charge >= 0.3 is 5.63 Å². The fourth-order valence-electron chi connectivity index (χ4n) is 3.05. The molecule has 1 atom stereocenters. The molecule has 22 heavy (non-hydrogen) atoms. The molecule has 3 nitrogen and oxygen atoms in total. The molecular weight excluding hydrogens is 276 g/mol. The van der Waals surface area contributed by atoms with Crippen molar-refractivity contribution in [2.45, 2.75) is 51.4 Å². The highest BCUT2D eigenvalue weighted by atomic mass is 16.4. The molecule has 0 aliphatic heterocycles. The van der Waals surface area contributed by atoms with Crippen LogP contribution in [0.4, 0.5) is 0 Å². The van der Waals surface area contributed by atoms with E-state index < -0.39 is 5.63 Å². The lowest BCUT2D eigenvalue weighted by Crippen LogP contribution is -2.14. The Morgan fingerprint density at radius 1 is 1.27 bits per heavy atom. The lowest BCUT2D eigenvalue weighted by molar-refractivity contribution is 0.447. The van der Waals surface area contributed by atoms with Crippen molar-refractivity contribution in [3.63, 3.8) is 0 Å². The van der Waals surface area contributed by atoms with Gasteiger partial charge in [-0.15, -0.1) is 0 Å². The van der Waals surface area contributed by atoms with Gasteiger partial charge in [0.25, 0.3) is 0 Å². The number of hydrogen-bond acceptors (Lipinski definition) is 3. The van der Waals surface area contributed by atoms with Crippen LogP contribution in [0.25, 0.3) is 11.0 Å². The molecule has 0 saturated carbocycles. The molecule has 0 spiro atoms. The molecular formula is C19H22O3. The molecule has 1 aliphatic rings. The summed E-state index contributed by atoms with van der Waals surface area (Å²) < 4.78 is 5.45. The molecule has 3 heteroatoms. The highest BCUT2D eigenvalue weighted by Gasteiger charge is 2.23. The second-order valence-electron chi connectivity index (χ2n) is 7.08. The number of hydrogen-bond donors (Lipinski definition) is 1. The number of fused-ring (bicyclic) bond motifs is 1. The maximum Gasteiger partial charge on any atom is 0.343 e. The molecule has 1 aliphatic carbocycles. The van der Waals surface area contributed by atoms with Crippen LogP contribution in [-0.4, -0.2) is 5.11 Å². The summed E-state index contributed by atoms with van der Waals surface area (Å²) >= 11 is 0. The monoisotopic (exact) mass is 298 g/mol. The van der Waals surface area contributed by atoms with Crippen molar-refractivity contribution in [1.29, 1.82) is 0 Å². The number of benzene rings is 1. The van der Waals surface area contributed by atoms with Crippen molar-refractivity contribution >= 4 is 11.0 Å². The molecule has 0 bridgehead atoms. The quantitative estimate of drug-likeness (QED) is 0.617. The highest BCUT2D eigenvalue weighted by Crippen LogP contribution is 2.37. The minimum atomic E-state index is -0.426. The van der Waals surface area contributed by atoms with Crippen molar-refractivity contribution in [3.8, 4) is 5.75 Å².